The number of nitrogens with zero attached hydrogens (tertiary/aromatic N) is 1. The fourth-order valence-corrected chi connectivity index (χ4v) is 3.92. The number of urea groups is 1. The standard InChI is InChI=1S/C24H25N3O5/c1-4-31-19-8-6-5-7-16(19)22-21-18(13-32-23(21)29)27(24(30)26-22)12-20(28)25-17-11-14(2)9-10-15(17)3/h5-11,22H,4,12-13H2,1-3H3,(H,25,28)(H,26,30). The van der Waals surface area contributed by atoms with Crippen LogP contribution in [0.2, 0.25) is 0 Å². The summed E-state index contributed by atoms with van der Waals surface area (Å²) in [5, 5.41) is 5.69. The summed E-state index contributed by atoms with van der Waals surface area (Å²) in [7, 11) is 0. The van der Waals surface area contributed by atoms with Crippen molar-refractivity contribution >= 4 is 23.6 Å². The monoisotopic (exact) mass is 435 g/mol. The number of hydrogen-bond acceptors (Lipinski definition) is 5. The highest BCUT2D eigenvalue weighted by atomic mass is 16.5. The Hall–Kier alpha value is -3.81. The van der Waals surface area contributed by atoms with E-state index in [1.165, 1.54) is 4.90 Å². The summed E-state index contributed by atoms with van der Waals surface area (Å²) in [5.41, 5.74) is 3.98. The van der Waals surface area contributed by atoms with Crippen molar-refractivity contribution in [2.45, 2.75) is 26.8 Å². The molecule has 3 amide bonds. The van der Waals surface area contributed by atoms with Crippen molar-refractivity contribution < 1.29 is 23.9 Å². The van der Waals surface area contributed by atoms with Gasteiger partial charge in [0.1, 0.15) is 18.9 Å². The number of anilines is 1. The first-order valence-corrected chi connectivity index (χ1v) is 10.5. The SMILES string of the molecule is CCOc1ccccc1C1NC(=O)N(CC(=O)Nc2cc(C)ccc2C)C2=C1C(=O)OC2. The number of rotatable bonds is 6. The van der Waals surface area contributed by atoms with Crippen LogP contribution in [0, 0.1) is 13.8 Å². The van der Waals surface area contributed by atoms with E-state index in [-0.39, 0.29) is 19.1 Å². The predicted octanol–water partition coefficient (Wildman–Crippen LogP) is 3.22. The van der Waals surface area contributed by atoms with E-state index in [1.807, 2.05) is 51.1 Å². The van der Waals surface area contributed by atoms with Crippen molar-refractivity contribution in [1.82, 2.24) is 10.2 Å². The summed E-state index contributed by atoms with van der Waals surface area (Å²) in [6.45, 7) is 5.83. The summed E-state index contributed by atoms with van der Waals surface area (Å²) >= 11 is 0. The zero-order valence-corrected chi connectivity index (χ0v) is 18.2. The molecule has 1 atom stereocenters. The lowest BCUT2D eigenvalue weighted by Gasteiger charge is -2.33. The van der Waals surface area contributed by atoms with Crippen molar-refractivity contribution in [1.29, 1.82) is 0 Å². The second-order valence-corrected chi connectivity index (χ2v) is 7.74. The Balaban J connectivity index is 1.62. The molecule has 32 heavy (non-hydrogen) atoms. The van der Waals surface area contributed by atoms with E-state index < -0.39 is 18.0 Å². The molecule has 0 aromatic heterocycles. The lowest BCUT2D eigenvalue weighted by atomic mass is 9.95. The summed E-state index contributed by atoms with van der Waals surface area (Å²) in [5.74, 6) is -0.308. The number of esters is 1. The molecular formula is C24H25N3O5. The first kappa shape index (κ1) is 21.4. The minimum Gasteiger partial charge on any atom is -0.494 e. The number of carbonyl (C=O) groups is 3. The fraction of sp³-hybridized carbons (Fsp3) is 0.292. The maximum absolute atomic E-state index is 13.0. The molecule has 0 radical (unpaired) electrons. The van der Waals surface area contributed by atoms with E-state index in [9.17, 15) is 14.4 Å². The molecular weight excluding hydrogens is 410 g/mol. The van der Waals surface area contributed by atoms with Gasteiger partial charge >= 0.3 is 12.0 Å². The average molecular weight is 435 g/mol. The van der Waals surface area contributed by atoms with E-state index in [2.05, 4.69) is 10.6 Å². The first-order valence-electron chi connectivity index (χ1n) is 10.5. The molecule has 0 saturated heterocycles. The number of hydrogen-bond donors (Lipinski definition) is 2. The molecule has 4 rings (SSSR count). The van der Waals surface area contributed by atoms with Gasteiger partial charge in [0.2, 0.25) is 5.91 Å². The normalized spacial score (nSPS) is 17.6. The third-order valence-electron chi connectivity index (χ3n) is 5.50. The second-order valence-electron chi connectivity index (χ2n) is 7.74. The molecule has 0 saturated carbocycles. The number of amides is 3. The van der Waals surface area contributed by atoms with Gasteiger partial charge in [0.05, 0.1) is 23.9 Å². The van der Waals surface area contributed by atoms with Crippen LogP contribution in [-0.2, 0) is 14.3 Å². The number of cyclic esters (lactones) is 1. The highest BCUT2D eigenvalue weighted by molar-refractivity contribution is 6.00. The molecule has 0 spiro atoms. The Labute approximate surface area is 186 Å². The first-order chi connectivity index (χ1) is 15.4. The summed E-state index contributed by atoms with van der Waals surface area (Å²) in [6, 6.07) is 11.8. The molecule has 8 nitrogen and oxygen atoms in total. The summed E-state index contributed by atoms with van der Waals surface area (Å²) < 4.78 is 10.9. The van der Waals surface area contributed by atoms with Crippen molar-refractivity contribution in [2.75, 3.05) is 25.1 Å². The third-order valence-corrected chi connectivity index (χ3v) is 5.50. The Bertz CT molecular complexity index is 1120. The molecule has 2 aliphatic heterocycles. The van der Waals surface area contributed by atoms with Crippen LogP contribution >= 0.6 is 0 Å². The van der Waals surface area contributed by atoms with Gasteiger partial charge in [-0.2, -0.15) is 0 Å². The van der Waals surface area contributed by atoms with Crippen LogP contribution in [0.1, 0.15) is 29.7 Å². The van der Waals surface area contributed by atoms with Crippen LogP contribution in [0.15, 0.2) is 53.7 Å². The molecule has 2 aromatic rings. The van der Waals surface area contributed by atoms with Crippen LogP contribution < -0.4 is 15.4 Å². The molecule has 0 bridgehead atoms. The van der Waals surface area contributed by atoms with Gasteiger partial charge in [0, 0.05) is 11.3 Å². The zero-order valence-electron chi connectivity index (χ0n) is 18.2. The van der Waals surface area contributed by atoms with Crippen molar-refractivity contribution in [3.05, 3.63) is 70.4 Å². The van der Waals surface area contributed by atoms with Gasteiger partial charge in [-0.05, 0) is 44.0 Å². The van der Waals surface area contributed by atoms with Crippen LogP contribution in [0.25, 0.3) is 0 Å². The Morgan fingerprint density at radius 3 is 2.78 bits per heavy atom. The molecule has 2 aromatic carbocycles. The molecule has 0 fully saturated rings. The molecule has 2 aliphatic rings. The van der Waals surface area contributed by atoms with Gasteiger partial charge in [0.25, 0.3) is 0 Å². The molecule has 2 N–H and O–H groups in total. The molecule has 2 heterocycles. The van der Waals surface area contributed by atoms with Crippen LogP contribution in [0.3, 0.4) is 0 Å². The maximum atomic E-state index is 13.0. The zero-order chi connectivity index (χ0) is 22.8. The van der Waals surface area contributed by atoms with Gasteiger partial charge in [-0.1, -0.05) is 30.3 Å². The highest BCUT2D eigenvalue weighted by Crippen LogP contribution is 2.38. The number of ether oxygens (including phenoxy) is 2. The number of aryl methyl sites for hydroxylation is 2. The van der Waals surface area contributed by atoms with Crippen molar-refractivity contribution in [3.8, 4) is 5.75 Å². The third kappa shape index (κ3) is 4.03. The second kappa shape index (κ2) is 8.74. The van der Waals surface area contributed by atoms with Gasteiger partial charge in [-0.15, -0.1) is 0 Å². The van der Waals surface area contributed by atoms with E-state index in [0.29, 0.717) is 34.9 Å². The average Bonchev–Trinajstić information content (AvgIpc) is 3.15. The summed E-state index contributed by atoms with van der Waals surface area (Å²) in [4.78, 5) is 39.6. The summed E-state index contributed by atoms with van der Waals surface area (Å²) in [6.07, 6.45) is 0. The van der Waals surface area contributed by atoms with E-state index in [0.717, 1.165) is 11.1 Å². The minimum atomic E-state index is -0.714. The Morgan fingerprint density at radius 2 is 2.00 bits per heavy atom. The molecule has 1 unspecified atom stereocenters. The predicted molar refractivity (Wildman–Crippen MR) is 118 cm³/mol. The number of carbonyl (C=O) groups excluding carboxylic acids is 3. The van der Waals surface area contributed by atoms with Crippen LogP contribution in [0.5, 0.6) is 5.75 Å². The van der Waals surface area contributed by atoms with Crippen molar-refractivity contribution in [2.24, 2.45) is 0 Å². The van der Waals surface area contributed by atoms with Gasteiger partial charge < -0.3 is 20.1 Å². The topological polar surface area (TPSA) is 97.0 Å². The number of para-hydroxylation sites is 1. The van der Waals surface area contributed by atoms with E-state index >= 15 is 0 Å². The lowest BCUT2D eigenvalue weighted by Crippen LogP contribution is -2.49. The fourth-order valence-electron chi connectivity index (χ4n) is 3.92. The number of nitrogens with one attached hydrogen (secondary N) is 2. The van der Waals surface area contributed by atoms with Gasteiger partial charge in [-0.3, -0.25) is 9.69 Å². The Kier molecular flexibility index (Phi) is 5.85. The van der Waals surface area contributed by atoms with Crippen LogP contribution in [-0.4, -0.2) is 42.6 Å². The quantitative estimate of drug-likeness (QED) is 0.679. The highest BCUT2D eigenvalue weighted by Gasteiger charge is 2.43. The Morgan fingerprint density at radius 1 is 1.22 bits per heavy atom. The number of benzene rings is 2. The van der Waals surface area contributed by atoms with Crippen LogP contribution in [0.4, 0.5) is 10.5 Å². The van der Waals surface area contributed by atoms with E-state index in [1.54, 1.807) is 12.1 Å². The largest absolute Gasteiger partial charge is 0.494 e. The lowest BCUT2D eigenvalue weighted by molar-refractivity contribution is -0.136. The molecule has 166 valence electrons. The van der Waals surface area contributed by atoms with Crippen molar-refractivity contribution in [3.63, 3.8) is 0 Å². The molecule has 8 heteroatoms. The molecule has 0 aliphatic carbocycles. The smallest absolute Gasteiger partial charge is 0.338 e. The van der Waals surface area contributed by atoms with Gasteiger partial charge in [-0.25, -0.2) is 9.59 Å². The maximum Gasteiger partial charge on any atom is 0.338 e. The van der Waals surface area contributed by atoms with Gasteiger partial charge in [0.15, 0.2) is 0 Å². The van der Waals surface area contributed by atoms with E-state index in [4.69, 9.17) is 9.47 Å². The minimum absolute atomic E-state index is 0.0638.